The smallest absolute Gasteiger partial charge is 0.0745 e. The fraction of sp³-hybridized carbons (Fsp3) is 0.600. The lowest BCUT2D eigenvalue weighted by molar-refractivity contribution is -0.0121. The van der Waals surface area contributed by atoms with Crippen molar-refractivity contribution in [2.24, 2.45) is 11.1 Å². The lowest BCUT2D eigenvalue weighted by Crippen LogP contribution is -2.36. The van der Waals surface area contributed by atoms with E-state index in [9.17, 15) is 0 Å². The van der Waals surface area contributed by atoms with Crippen LogP contribution in [0.3, 0.4) is 0 Å². The molecule has 96 valence electrons. The summed E-state index contributed by atoms with van der Waals surface area (Å²) in [7, 11) is 0. The molecule has 0 heterocycles. The van der Waals surface area contributed by atoms with Gasteiger partial charge in [-0.05, 0) is 23.8 Å². The van der Waals surface area contributed by atoms with Crippen LogP contribution in [-0.2, 0) is 11.2 Å². The number of rotatable bonds is 6. The highest BCUT2D eigenvalue weighted by Gasteiger charge is 2.23. The molecule has 0 aliphatic rings. The van der Waals surface area contributed by atoms with Crippen LogP contribution in [0.1, 0.15) is 32.8 Å². The zero-order valence-electron chi connectivity index (χ0n) is 11.3. The van der Waals surface area contributed by atoms with Crippen molar-refractivity contribution in [1.29, 1.82) is 0 Å². The minimum atomic E-state index is 0.126. The van der Waals surface area contributed by atoms with Gasteiger partial charge in [0.05, 0.1) is 6.10 Å². The molecule has 1 unspecified atom stereocenters. The van der Waals surface area contributed by atoms with Gasteiger partial charge in [-0.15, -0.1) is 0 Å². The van der Waals surface area contributed by atoms with Crippen molar-refractivity contribution in [3.05, 3.63) is 35.9 Å². The van der Waals surface area contributed by atoms with Crippen molar-refractivity contribution in [1.82, 2.24) is 0 Å². The van der Waals surface area contributed by atoms with Gasteiger partial charge in [0, 0.05) is 13.2 Å². The molecular formula is C15H25NO. The van der Waals surface area contributed by atoms with Gasteiger partial charge in [0.2, 0.25) is 0 Å². The monoisotopic (exact) mass is 235 g/mol. The van der Waals surface area contributed by atoms with Crippen molar-refractivity contribution in [2.45, 2.75) is 39.7 Å². The molecule has 1 rings (SSSR count). The lowest BCUT2D eigenvalue weighted by atomic mass is 9.89. The first-order valence-electron chi connectivity index (χ1n) is 6.39. The molecule has 0 fully saturated rings. The zero-order chi connectivity index (χ0) is 12.7. The summed E-state index contributed by atoms with van der Waals surface area (Å²) in [6.07, 6.45) is 2.28. The summed E-state index contributed by atoms with van der Waals surface area (Å²) in [5.74, 6) is 0. The molecule has 0 aliphatic heterocycles. The normalized spacial score (nSPS) is 13.6. The second-order valence-electron chi connectivity index (χ2n) is 5.55. The molecule has 1 atom stereocenters. The minimum Gasteiger partial charge on any atom is -0.376 e. The van der Waals surface area contributed by atoms with Gasteiger partial charge in [0.25, 0.3) is 0 Å². The number of hydrogen-bond donors (Lipinski definition) is 1. The molecule has 2 N–H and O–H groups in total. The minimum absolute atomic E-state index is 0.126. The van der Waals surface area contributed by atoms with E-state index in [0.29, 0.717) is 6.54 Å². The Bertz CT molecular complexity index is 302. The summed E-state index contributed by atoms with van der Waals surface area (Å²) in [6.45, 7) is 7.88. The van der Waals surface area contributed by atoms with Gasteiger partial charge >= 0.3 is 0 Å². The van der Waals surface area contributed by atoms with E-state index in [1.54, 1.807) is 0 Å². The molecule has 0 amide bonds. The van der Waals surface area contributed by atoms with Gasteiger partial charge in [-0.25, -0.2) is 0 Å². The molecule has 0 bridgehead atoms. The summed E-state index contributed by atoms with van der Waals surface area (Å²) < 4.78 is 5.85. The van der Waals surface area contributed by atoms with Gasteiger partial charge < -0.3 is 10.5 Å². The highest BCUT2D eigenvalue weighted by Crippen LogP contribution is 2.21. The predicted molar refractivity (Wildman–Crippen MR) is 73.0 cm³/mol. The van der Waals surface area contributed by atoms with Crippen molar-refractivity contribution >= 4 is 0 Å². The molecule has 0 aromatic heterocycles. The second kappa shape index (κ2) is 6.77. The third-order valence-corrected chi connectivity index (χ3v) is 2.95. The summed E-state index contributed by atoms with van der Waals surface area (Å²) in [6, 6.07) is 10.5. The molecule has 2 nitrogen and oxygen atoms in total. The van der Waals surface area contributed by atoms with Crippen LogP contribution in [0.5, 0.6) is 0 Å². The van der Waals surface area contributed by atoms with Gasteiger partial charge in [-0.3, -0.25) is 0 Å². The van der Waals surface area contributed by atoms with Crippen LogP contribution >= 0.6 is 0 Å². The highest BCUT2D eigenvalue weighted by atomic mass is 16.5. The summed E-state index contributed by atoms with van der Waals surface area (Å²) in [5.41, 5.74) is 7.23. The van der Waals surface area contributed by atoms with Crippen LogP contribution < -0.4 is 5.73 Å². The third kappa shape index (κ3) is 5.33. The number of ether oxygens (including phenoxy) is 1. The molecular weight excluding hydrogens is 210 g/mol. The van der Waals surface area contributed by atoms with E-state index in [4.69, 9.17) is 10.5 Å². The van der Waals surface area contributed by atoms with E-state index in [1.807, 2.05) is 6.07 Å². The highest BCUT2D eigenvalue weighted by molar-refractivity contribution is 5.14. The topological polar surface area (TPSA) is 35.2 Å². The Balaban J connectivity index is 2.24. The maximum atomic E-state index is 5.85. The molecule has 17 heavy (non-hydrogen) atoms. The maximum absolute atomic E-state index is 5.85. The van der Waals surface area contributed by atoms with Crippen LogP contribution in [0.15, 0.2) is 30.3 Å². The first-order chi connectivity index (χ1) is 8.04. The fourth-order valence-electron chi connectivity index (χ4n) is 1.82. The Kier molecular flexibility index (Phi) is 5.66. The van der Waals surface area contributed by atoms with Gasteiger partial charge in [0.1, 0.15) is 0 Å². The van der Waals surface area contributed by atoms with Crippen LogP contribution in [0.4, 0.5) is 0 Å². The van der Waals surface area contributed by atoms with E-state index < -0.39 is 0 Å². The van der Waals surface area contributed by atoms with Crippen LogP contribution in [-0.4, -0.2) is 19.3 Å². The van der Waals surface area contributed by atoms with E-state index in [2.05, 4.69) is 45.0 Å². The predicted octanol–water partition coefficient (Wildman–Crippen LogP) is 3.01. The van der Waals surface area contributed by atoms with Crippen LogP contribution in [0.2, 0.25) is 0 Å². The molecule has 0 radical (unpaired) electrons. The Morgan fingerprint density at radius 2 is 1.82 bits per heavy atom. The first-order valence-corrected chi connectivity index (χ1v) is 6.39. The Hall–Kier alpha value is -0.860. The number of hydrogen-bond acceptors (Lipinski definition) is 2. The summed E-state index contributed by atoms with van der Waals surface area (Å²) >= 11 is 0. The molecule has 1 aromatic carbocycles. The third-order valence-electron chi connectivity index (χ3n) is 2.95. The molecule has 0 aliphatic carbocycles. The van der Waals surface area contributed by atoms with E-state index in [1.165, 1.54) is 5.56 Å². The molecule has 1 aromatic rings. The lowest BCUT2D eigenvalue weighted by Gasteiger charge is -2.29. The van der Waals surface area contributed by atoms with Crippen molar-refractivity contribution in [3.63, 3.8) is 0 Å². The zero-order valence-corrected chi connectivity index (χ0v) is 11.3. The average molecular weight is 235 g/mol. The molecule has 0 saturated carbocycles. The average Bonchev–Trinajstić information content (AvgIpc) is 2.28. The van der Waals surface area contributed by atoms with Crippen LogP contribution in [0.25, 0.3) is 0 Å². The standard InChI is InChI=1S/C15H25NO/c1-15(2,3)14(12-16)17-11-7-10-13-8-5-4-6-9-13/h4-6,8-9,14H,7,10-12,16H2,1-3H3. The second-order valence-corrected chi connectivity index (χ2v) is 5.55. The van der Waals surface area contributed by atoms with Crippen LogP contribution in [0, 0.1) is 5.41 Å². The fourth-order valence-corrected chi connectivity index (χ4v) is 1.82. The Morgan fingerprint density at radius 3 is 2.35 bits per heavy atom. The van der Waals surface area contributed by atoms with E-state index in [-0.39, 0.29) is 11.5 Å². The van der Waals surface area contributed by atoms with Gasteiger partial charge in [-0.2, -0.15) is 0 Å². The van der Waals surface area contributed by atoms with Crippen molar-refractivity contribution in [2.75, 3.05) is 13.2 Å². The number of benzene rings is 1. The van der Waals surface area contributed by atoms with Gasteiger partial charge in [0.15, 0.2) is 0 Å². The Morgan fingerprint density at radius 1 is 1.18 bits per heavy atom. The maximum Gasteiger partial charge on any atom is 0.0745 e. The number of nitrogens with two attached hydrogens (primary N) is 1. The van der Waals surface area contributed by atoms with Crippen molar-refractivity contribution in [3.8, 4) is 0 Å². The van der Waals surface area contributed by atoms with E-state index >= 15 is 0 Å². The Labute approximate surface area is 105 Å². The largest absolute Gasteiger partial charge is 0.376 e. The number of aryl methyl sites for hydroxylation is 1. The van der Waals surface area contributed by atoms with E-state index in [0.717, 1.165) is 19.4 Å². The van der Waals surface area contributed by atoms with Gasteiger partial charge in [-0.1, -0.05) is 51.1 Å². The molecule has 0 saturated heterocycles. The molecule has 2 heteroatoms. The summed E-state index contributed by atoms with van der Waals surface area (Å²) in [4.78, 5) is 0. The molecule has 0 spiro atoms. The van der Waals surface area contributed by atoms with Crippen molar-refractivity contribution < 1.29 is 4.74 Å². The first kappa shape index (κ1) is 14.2. The SMILES string of the molecule is CC(C)(C)C(CN)OCCCc1ccccc1. The summed E-state index contributed by atoms with van der Waals surface area (Å²) in [5, 5.41) is 0. The quantitative estimate of drug-likeness (QED) is 0.769.